The number of primary amides is 1. The first kappa shape index (κ1) is 24.8. The Labute approximate surface area is 212 Å². The minimum atomic E-state index is -2.74. The first-order chi connectivity index (χ1) is 17.4. The summed E-state index contributed by atoms with van der Waals surface area (Å²) in [6, 6.07) is 8.92. The van der Waals surface area contributed by atoms with Crippen LogP contribution < -0.4 is 11.5 Å². The molecule has 0 aromatic heterocycles. The molecule has 2 fully saturated rings. The molecule has 2 aromatic rings. The zero-order chi connectivity index (χ0) is 27.0. The minimum absolute atomic E-state index is 0.00405. The van der Waals surface area contributed by atoms with Gasteiger partial charge in [-0.3, -0.25) is 28.9 Å². The lowest BCUT2D eigenvalue weighted by Crippen LogP contribution is -2.74. The van der Waals surface area contributed by atoms with E-state index >= 15 is 0 Å². The van der Waals surface area contributed by atoms with Crippen LogP contribution in [0.3, 0.4) is 0 Å². The van der Waals surface area contributed by atoms with Crippen molar-refractivity contribution in [2.45, 2.75) is 24.5 Å². The number of carbonyl (C=O) groups excluding carboxylic acids is 5. The topological polar surface area (TPSA) is 181 Å². The molecule has 0 bridgehead atoms. The quantitative estimate of drug-likeness (QED) is 0.333. The number of aromatic hydroxyl groups is 1. The molecule has 3 aliphatic rings. The van der Waals surface area contributed by atoms with Gasteiger partial charge in [-0.05, 0) is 67.7 Å². The number of likely N-dealkylation sites (N-methyl/N-ethyl adjacent to an activating group) is 1. The van der Waals surface area contributed by atoms with Crippen LogP contribution in [0.4, 0.5) is 5.69 Å². The molecule has 0 heterocycles. The standard InChI is InChI=1S/C27H27N3O7/c1-30(2)21-16-10-12-9-15-14(11-4-3-5-13(28)8-11)6-7-17(31)19(15)22(32)18(12)24(34)27(16,37)25(35)20(23(21)33)26(29)36/h3-8,12,16,18,20-21,31,37H,9-10,28H2,1-2H3,(H2,29,36)/t12-,16-,18?,20?,21+,27-/m0/s1. The molecule has 3 aliphatic carbocycles. The van der Waals surface area contributed by atoms with Gasteiger partial charge in [0.15, 0.2) is 34.7 Å². The Morgan fingerprint density at radius 3 is 2.41 bits per heavy atom. The van der Waals surface area contributed by atoms with Crippen molar-refractivity contribution in [3.63, 3.8) is 0 Å². The maximum atomic E-state index is 13.8. The second-order valence-electron chi connectivity index (χ2n) is 10.4. The Morgan fingerprint density at radius 2 is 1.78 bits per heavy atom. The molecule has 5 rings (SSSR count). The number of nitrogens with two attached hydrogens (primary N) is 2. The molecule has 0 radical (unpaired) electrons. The van der Waals surface area contributed by atoms with Crippen molar-refractivity contribution in [1.82, 2.24) is 4.90 Å². The van der Waals surface area contributed by atoms with Crippen LogP contribution in [0.25, 0.3) is 11.1 Å². The third-order valence-corrected chi connectivity index (χ3v) is 8.14. The van der Waals surface area contributed by atoms with Crippen molar-refractivity contribution in [2.24, 2.45) is 29.4 Å². The second kappa shape index (κ2) is 8.32. The van der Waals surface area contributed by atoms with E-state index in [1.54, 1.807) is 38.4 Å². The summed E-state index contributed by atoms with van der Waals surface area (Å²) in [5.74, 6) is -10.7. The molecule has 192 valence electrons. The Bertz CT molecular complexity index is 1400. The molecule has 10 nitrogen and oxygen atoms in total. The highest BCUT2D eigenvalue weighted by molar-refractivity contribution is 6.32. The number of hydrogen-bond donors (Lipinski definition) is 4. The maximum Gasteiger partial charge on any atom is 0.235 e. The lowest BCUT2D eigenvalue weighted by atomic mass is 9.52. The summed E-state index contributed by atoms with van der Waals surface area (Å²) in [5, 5.41) is 22.3. The smallest absolute Gasteiger partial charge is 0.235 e. The Hall–Kier alpha value is -3.89. The van der Waals surface area contributed by atoms with Crippen LogP contribution in [0.1, 0.15) is 22.3 Å². The van der Waals surface area contributed by atoms with Gasteiger partial charge >= 0.3 is 0 Å². The van der Waals surface area contributed by atoms with Crippen LogP contribution >= 0.6 is 0 Å². The minimum Gasteiger partial charge on any atom is -0.507 e. The van der Waals surface area contributed by atoms with Crippen LogP contribution in [0.15, 0.2) is 36.4 Å². The van der Waals surface area contributed by atoms with Crippen molar-refractivity contribution in [3.05, 3.63) is 47.5 Å². The number of nitrogen functional groups attached to an aromatic ring is 1. The number of amides is 1. The normalized spacial score (nSPS) is 31.1. The second-order valence-corrected chi connectivity index (χ2v) is 10.4. The van der Waals surface area contributed by atoms with Gasteiger partial charge in [0, 0.05) is 11.6 Å². The number of Topliss-reactive ketones (excluding diaryl/α,β-unsaturated/α-hetero) is 4. The number of phenols is 1. The monoisotopic (exact) mass is 505 g/mol. The van der Waals surface area contributed by atoms with E-state index in [0.29, 0.717) is 16.8 Å². The molecule has 10 heteroatoms. The fraction of sp³-hybridized carbons (Fsp3) is 0.370. The summed E-state index contributed by atoms with van der Waals surface area (Å²) in [5.41, 5.74) is 10.9. The van der Waals surface area contributed by atoms with Gasteiger partial charge in [-0.15, -0.1) is 0 Å². The molecule has 37 heavy (non-hydrogen) atoms. The molecule has 6 N–H and O–H groups in total. The molecule has 0 spiro atoms. The molecule has 2 unspecified atom stereocenters. The van der Waals surface area contributed by atoms with E-state index < -0.39 is 64.4 Å². The third-order valence-electron chi connectivity index (χ3n) is 8.14. The van der Waals surface area contributed by atoms with Crippen molar-refractivity contribution in [2.75, 3.05) is 19.8 Å². The number of nitrogens with zero attached hydrogens (tertiary/aromatic N) is 1. The number of rotatable bonds is 3. The number of phenolic OH excluding ortho intramolecular Hbond substituents is 1. The van der Waals surface area contributed by atoms with Crippen molar-refractivity contribution >= 4 is 34.7 Å². The zero-order valence-corrected chi connectivity index (χ0v) is 20.3. The van der Waals surface area contributed by atoms with Crippen molar-refractivity contribution in [3.8, 4) is 16.9 Å². The van der Waals surface area contributed by atoms with E-state index in [9.17, 15) is 34.2 Å². The molecule has 0 aliphatic heterocycles. The summed E-state index contributed by atoms with van der Waals surface area (Å²) < 4.78 is 0. The lowest BCUT2D eigenvalue weighted by molar-refractivity contribution is -0.181. The Balaban J connectivity index is 1.67. The van der Waals surface area contributed by atoms with Crippen LogP contribution in [0.5, 0.6) is 5.75 Å². The summed E-state index contributed by atoms with van der Waals surface area (Å²) >= 11 is 0. The largest absolute Gasteiger partial charge is 0.507 e. The molecule has 6 atom stereocenters. The first-order valence-electron chi connectivity index (χ1n) is 11.9. The lowest BCUT2D eigenvalue weighted by Gasteiger charge is -2.52. The summed E-state index contributed by atoms with van der Waals surface area (Å²) in [6.07, 6.45) is 0.181. The zero-order valence-electron chi connectivity index (χ0n) is 20.3. The third kappa shape index (κ3) is 3.36. The maximum absolute atomic E-state index is 13.8. The van der Waals surface area contributed by atoms with Gasteiger partial charge in [0.1, 0.15) is 5.75 Å². The fourth-order valence-electron chi connectivity index (χ4n) is 6.58. The number of anilines is 1. The average Bonchev–Trinajstić information content (AvgIpc) is 2.81. The van der Waals surface area contributed by atoms with Gasteiger partial charge in [0.2, 0.25) is 5.91 Å². The predicted molar refractivity (Wildman–Crippen MR) is 131 cm³/mol. The fourth-order valence-corrected chi connectivity index (χ4v) is 6.58. The molecular weight excluding hydrogens is 478 g/mol. The average molecular weight is 506 g/mol. The van der Waals surface area contributed by atoms with Crippen LogP contribution in [0, 0.1) is 23.7 Å². The van der Waals surface area contributed by atoms with E-state index in [-0.39, 0.29) is 24.2 Å². The molecular formula is C27H27N3O7. The molecule has 2 aromatic carbocycles. The van der Waals surface area contributed by atoms with Gasteiger partial charge < -0.3 is 21.7 Å². The van der Waals surface area contributed by atoms with Crippen LogP contribution in [0.2, 0.25) is 0 Å². The summed E-state index contributed by atoms with van der Waals surface area (Å²) in [6.45, 7) is 0. The van der Waals surface area contributed by atoms with E-state index in [4.69, 9.17) is 11.5 Å². The molecule has 2 saturated carbocycles. The van der Waals surface area contributed by atoms with E-state index in [1.165, 1.54) is 11.0 Å². The number of benzene rings is 2. The van der Waals surface area contributed by atoms with Gasteiger partial charge in [0.25, 0.3) is 0 Å². The van der Waals surface area contributed by atoms with Gasteiger partial charge in [0.05, 0.1) is 17.5 Å². The molecule has 1 amide bonds. The van der Waals surface area contributed by atoms with Gasteiger partial charge in [-0.25, -0.2) is 0 Å². The van der Waals surface area contributed by atoms with Gasteiger partial charge in [-0.1, -0.05) is 18.2 Å². The molecule has 0 saturated heterocycles. The number of carbonyl (C=O) groups is 5. The van der Waals surface area contributed by atoms with Crippen LogP contribution in [-0.2, 0) is 25.6 Å². The number of fused-ring (bicyclic) bond motifs is 3. The number of hydrogen-bond acceptors (Lipinski definition) is 9. The Morgan fingerprint density at radius 1 is 1.08 bits per heavy atom. The van der Waals surface area contributed by atoms with E-state index in [2.05, 4.69) is 0 Å². The SMILES string of the molecule is CN(C)[C@H]1C(=O)C(C(N)=O)C(=O)[C@@]2(O)C(=O)C3C(=O)c4c(O)ccc(-c5cccc(N)c5)c4C[C@H]3C[C@@H]12. The Kier molecular flexibility index (Phi) is 5.58. The highest BCUT2D eigenvalue weighted by Crippen LogP contribution is 2.51. The highest BCUT2D eigenvalue weighted by Gasteiger charge is 2.69. The van der Waals surface area contributed by atoms with Crippen LogP contribution in [-0.4, -0.2) is 69.9 Å². The van der Waals surface area contributed by atoms with Crippen molar-refractivity contribution in [1.29, 1.82) is 0 Å². The number of ketones is 4. The van der Waals surface area contributed by atoms with E-state index in [0.717, 1.165) is 5.56 Å². The first-order valence-corrected chi connectivity index (χ1v) is 11.9. The highest BCUT2D eigenvalue weighted by atomic mass is 16.3. The number of aliphatic hydroxyl groups is 1. The van der Waals surface area contributed by atoms with E-state index in [1.807, 2.05) is 6.07 Å². The van der Waals surface area contributed by atoms with Gasteiger partial charge in [-0.2, -0.15) is 0 Å². The predicted octanol–water partition coefficient (Wildman–Crippen LogP) is 0.116. The summed E-state index contributed by atoms with van der Waals surface area (Å²) in [4.78, 5) is 67.5. The summed E-state index contributed by atoms with van der Waals surface area (Å²) in [7, 11) is 3.09. The van der Waals surface area contributed by atoms with Crippen molar-refractivity contribution < 1.29 is 34.2 Å².